The van der Waals surface area contributed by atoms with Crippen LogP contribution in [-0.2, 0) is 13.2 Å². The van der Waals surface area contributed by atoms with Crippen LogP contribution in [0.15, 0.2) is 42.5 Å². The van der Waals surface area contributed by atoms with Gasteiger partial charge in [-0.25, -0.2) is 0 Å². The lowest BCUT2D eigenvalue weighted by molar-refractivity contribution is 0.211. The van der Waals surface area contributed by atoms with Gasteiger partial charge in [0.1, 0.15) is 5.75 Å². The molecule has 1 aliphatic rings. The molecule has 0 radical (unpaired) electrons. The first kappa shape index (κ1) is 23.2. The van der Waals surface area contributed by atoms with Gasteiger partial charge in [-0.2, -0.15) is 5.10 Å². The number of hydrogen-bond donors (Lipinski definition) is 3. The molecule has 33 heavy (non-hydrogen) atoms. The Morgan fingerprint density at radius 1 is 1.06 bits per heavy atom. The Morgan fingerprint density at radius 2 is 1.82 bits per heavy atom. The van der Waals surface area contributed by atoms with Gasteiger partial charge in [0.2, 0.25) is 0 Å². The monoisotopic (exact) mass is 451 g/mol. The van der Waals surface area contributed by atoms with Crippen molar-refractivity contribution < 1.29 is 14.9 Å². The highest BCUT2D eigenvalue weighted by molar-refractivity contribution is 5.94. The van der Waals surface area contributed by atoms with E-state index < -0.39 is 0 Å². The summed E-state index contributed by atoms with van der Waals surface area (Å²) in [6, 6.07) is 14.6. The van der Waals surface area contributed by atoms with Crippen molar-refractivity contribution in [3.63, 3.8) is 0 Å². The number of piperidine rings is 1. The van der Waals surface area contributed by atoms with Gasteiger partial charge in [-0.15, -0.1) is 5.10 Å². The van der Waals surface area contributed by atoms with Gasteiger partial charge in [0, 0.05) is 55.7 Å². The minimum atomic E-state index is -0.146. The van der Waals surface area contributed by atoms with Crippen LogP contribution in [0.3, 0.4) is 0 Å². The third-order valence-electron chi connectivity index (χ3n) is 6.36. The molecule has 0 aliphatic carbocycles. The van der Waals surface area contributed by atoms with E-state index in [1.54, 1.807) is 7.11 Å². The van der Waals surface area contributed by atoms with Gasteiger partial charge in [-0.05, 0) is 48.7 Å². The average Bonchev–Trinajstić information content (AvgIpc) is 2.85. The lowest BCUT2D eigenvalue weighted by atomic mass is 10.0. The summed E-state index contributed by atoms with van der Waals surface area (Å²) in [7, 11) is 3.64. The van der Waals surface area contributed by atoms with E-state index in [1.807, 2.05) is 25.2 Å². The lowest BCUT2D eigenvalue weighted by Gasteiger charge is -2.32. The van der Waals surface area contributed by atoms with Crippen molar-refractivity contribution in [3.8, 4) is 5.75 Å². The zero-order valence-electron chi connectivity index (χ0n) is 19.4. The molecule has 176 valence electrons. The smallest absolute Gasteiger partial charge is 0.156 e. The van der Waals surface area contributed by atoms with Crippen LogP contribution in [0.5, 0.6) is 5.75 Å². The van der Waals surface area contributed by atoms with E-state index in [2.05, 4.69) is 49.6 Å². The van der Waals surface area contributed by atoms with Gasteiger partial charge in [0.15, 0.2) is 5.82 Å². The normalized spacial score (nSPS) is 15.0. The van der Waals surface area contributed by atoms with Gasteiger partial charge < -0.3 is 25.2 Å². The van der Waals surface area contributed by atoms with Crippen molar-refractivity contribution in [2.45, 2.75) is 32.0 Å². The molecular weight excluding hydrogens is 418 g/mol. The third-order valence-corrected chi connectivity index (χ3v) is 6.36. The van der Waals surface area contributed by atoms with E-state index in [-0.39, 0.29) is 13.2 Å². The van der Waals surface area contributed by atoms with Gasteiger partial charge in [-0.3, -0.25) is 4.90 Å². The Hall–Kier alpha value is -2.94. The number of aliphatic hydroxyl groups excluding tert-OH is 2. The zero-order valence-corrected chi connectivity index (χ0v) is 19.4. The number of methoxy groups -OCH3 is 1. The molecule has 0 saturated carbocycles. The van der Waals surface area contributed by atoms with Gasteiger partial charge >= 0.3 is 0 Å². The maximum Gasteiger partial charge on any atom is 0.156 e. The van der Waals surface area contributed by atoms with Crippen LogP contribution in [0.1, 0.15) is 24.1 Å². The number of aliphatic hydroxyl groups is 2. The molecule has 4 rings (SSSR count). The molecule has 8 heteroatoms. The van der Waals surface area contributed by atoms with E-state index in [1.165, 1.54) is 5.56 Å². The maximum atomic E-state index is 9.62. The Kier molecular flexibility index (Phi) is 7.59. The van der Waals surface area contributed by atoms with E-state index in [9.17, 15) is 5.11 Å². The van der Waals surface area contributed by atoms with Crippen LogP contribution in [0.25, 0.3) is 10.8 Å². The standard InChI is InChI=1S/C25H33N5O3/c1-29(13-14-31)20-5-3-18(4-6-20)16-30-11-9-19(10-12-30)26-25-23-15-21(33-2)7-8-22(23)24(17-32)27-28-25/h3-8,15,19,31-32H,9-14,16-17H2,1-2H3,(H,26,28). The first-order valence-electron chi connectivity index (χ1n) is 11.4. The van der Waals surface area contributed by atoms with E-state index >= 15 is 0 Å². The molecule has 0 atom stereocenters. The van der Waals surface area contributed by atoms with E-state index in [0.717, 1.165) is 60.5 Å². The second-order valence-electron chi connectivity index (χ2n) is 8.57. The molecule has 1 saturated heterocycles. The molecular formula is C25H33N5O3. The first-order chi connectivity index (χ1) is 16.1. The Balaban J connectivity index is 1.36. The Labute approximate surface area is 194 Å². The van der Waals surface area contributed by atoms with Crippen LogP contribution in [0.4, 0.5) is 11.5 Å². The van der Waals surface area contributed by atoms with Gasteiger partial charge in [-0.1, -0.05) is 12.1 Å². The topological polar surface area (TPSA) is 94.0 Å². The minimum Gasteiger partial charge on any atom is -0.497 e. The van der Waals surface area contributed by atoms with Crippen molar-refractivity contribution in [1.82, 2.24) is 15.1 Å². The molecule has 0 amide bonds. The fourth-order valence-corrected chi connectivity index (χ4v) is 4.36. The lowest BCUT2D eigenvalue weighted by Crippen LogP contribution is -2.38. The van der Waals surface area contributed by atoms with Crippen LogP contribution >= 0.6 is 0 Å². The fraction of sp³-hybridized carbons (Fsp3) is 0.440. The fourth-order valence-electron chi connectivity index (χ4n) is 4.36. The third kappa shape index (κ3) is 5.52. The number of fused-ring (bicyclic) bond motifs is 1. The largest absolute Gasteiger partial charge is 0.497 e. The molecule has 2 heterocycles. The molecule has 1 aliphatic heterocycles. The van der Waals surface area contributed by atoms with E-state index in [4.69, 9.17) is 9.84 Å². The summed E-state index contributed by atoms with van der Waals surface area (Å²) in [4.78, 5) is 4.53. The molecule has 0 spiro atoms. The summed E-state index contributed by atoms with van der Waals surface area (Å²) >= 11 is 0. The van der Waals surface area contributed by atoms with Gasteiger partial charge in [0.25, 0.3) is 0 Å². The number of nitrogens with one attached hydrogen (secondary N) is 1. The predicted octanol–water partition coefficient (Wildman–Crippen LogP) is 2.64. The average molecular weight is 452 g/mol. The van der Waals surface area contributed by atoms with Crippen molar-refractivity contribution in [3.05, 3.63) is 53.7 Å². The zero-order chi connectivity index (χ0) is 23.2. The van der Waals surface area contributed by atoms with E-state index in [0.29, 0.717) is 18.3 Å². The Morgan fingerprint density at radius 3 is 2.48 bits per heavy atom. The Bertz CT molecular complexity index is 1050. The summed E-state index contributed by atoms with van der Waals surface area (Å²) < 4.78 is 5.39. The molecule has 3 N–H and O–H groups in total. The second kappa shape index (κ2) is 10.8. The quantitative estimate of drug-likeness (QED) is 0.457. The van der Waals surface area contributed by atoms with Crippen molar-refractivity contribution in [1.29, 1.82) is 0 Å². The van der Waals surface area contributed by atoms with Crippen LogP contribution in [-0.4, -0.2) is 71.8 Å². The van der Waals surface area contributed by atoms with Gasteiger partial charge in [0.05, 0.1) is 26.0 Å². The number of nitrogens with zero attached hydrogens (tertiary/aromatic N) is 4. The first-order valence-corrected chi connectivity index (χ1v) is 11.4. The van der Waals surface area contributed by atoms with Crippen molar-refractivity contribution >= 4 is 22.3 Å². The molecule has 8 nitrogen and oxygen atoms in total. The number of ether oxygens (including phenoxy) is 1. The van der Waals surface area contributed by atoms with Crippen LogP contribution in [0.2, 0.25) is 0 Å². The molecule has 2 aromatic carbocycles. The SMILES string of the molecule is COc1ccc2c(CO)nnc(NC3CCN(Cc4ccc(N(C)CCO)cc4)CC3)c2c1. The van der Waals surface area contributed by atoms with Crippen LogP contribution in [0, 0.1) is 0 Å². The highest BCUT2D eigenvalue weighted by atomic mass is 16.5. The highest BCUT2D eigenvalue weighted by Gasteiger charge is 2.21. The number of likely N-dealkylation sites (N-methyl/N-ethyl adjacent to an activating group) is 1. The number of anilines is 2. The molecule has 1 fully saturated rings. The number of hydrogen-bond acceptors (Lipinski definition) is 8. The minimum absolute atomic E-state index is 0.146. The molecule has 0 bridgehead atoms. The molecule has 3 aromatic rings. The molecule has 1 aromatic heterocycles. The van der Waals surface area contributed by atoms with Crippen molar-refractivity contribution in [2.75, 3.05) is 50.6 Å². The van der Waals surface area contributed by atoms with Crippen molar-refractivity contribution in [2.24, 2.45) is 0 Å². The second-order valence-corrected chi connectivity index (χ2v) is 8.57. The maximum absolute atomic E-state index is 9.62. The number of rotatable bonds is 9. The predicted molar refractivity (Wildman–Crippen MR) is 131 cm³/mol. The summed E-state index contributed by atoms with van der Waals surface area (Å²) in [6.07, 6.45) is 2.04. The summed E-state index contributed by atoms with van der Waals surface area (Å²) in [5.74, 6) is 1.49. The summed E-state index contributed by atoms with van der Waals surface area (Å²) in [6.45, 7) is 3.59. The summed E-state index contributed by atoms with van der Waals surface area (Å²) in [5, 5.41) is 32.7. The number of benzene rings is 2. The highest BCUT2D eigenvalue weighted by Crippen LogP contribution is 2.29. The summed E-state index contributed by atoms with van der Waals surface area (Å²) in [5.41, 5.74) is 2.99. The molecule has 0 unspecified atom stereocenters. The number of aromatic nitrogens is 2. The number of likely N-dealkylation sites (tertiary alicyclic amines) is 1. The van der Waals surface area contributed by atoms with Crippen LogP contribution < -0.4 is 15.0 Å².